The fourth-order valence-corrected chi connectivity index (χ4v) is 2.67. The van der Waals surface area contributed by atoms with E-state index >= 15 is 0 Å². The summed E-state index contributed by atoms with van der Waals surface area (Å²) in [4.78, 5) is 17.9. The summed E-state index contributed by atoms with van der Waals surface area (Å²) in [5.41, 5.74) is 7.97. The molecule has 0 saturated heterocycles. The molecule has 0 amide bonds. The average Bonchev–Trinajstić information content (AvgIpc) is 2.56. The number of nitrogens with zero attached hydrogens (tertiary/aromatic N) is 5. The van der Waals surface area contributed by atoms with Crippen molar-refractivity contribution in [1.29, 1.82) is 0 Å². The zero-order valence-corrected chi connectivity index (χ0v) is 19.3. The van der Waals surface area contributed by atoms with Gasteiger partial charge in [-0.3, -0.25) is 4.99 Å². The first kappa shape index (κ1) is 23.7. The maximum atomic E-state index is 6.34. The Morgan fingerprint density at radius 3 is 2.32 bits per heavy atom. The van der Waals surface area contributed by atoms with E-state index < -0.39 is 0 Å². The van der Waals surface area contributed by atoms with E-state index in [9.17, 15) is 0 Å². The fraction of sp³-hybridized carbons (Fsp3) is 0.591. The van der Waals surface area contributed by atoms with Crippen LogP contribution in [0, 0.1) is 6.92 Å². The van der Waals surface area contributed by atoms with E-state index in [2.05, 4.69) is 72.5 Å². The van der Waals surface area contributed by atoms with Crippen LogP contribution in [0.5, 0.6) is 0 Å². The van der Waals surface area contributed by atoms with Gasteiger partial charge >= 0.3 is 0 Å². The molecule has 6 nitrogen and oxygen atoms in total. The standard InChI is InChI=1S/C22H38N6/c1-11-12-24-16(2)13-19(23)27(9)22(7,8)15-18-14-20(26-17(3)25-18)28(10)21(4,5)6/h11-14H,15,23H2,1-10H3/b12-11-,19-13+,24-16-. The third kappa shape index (κ3) is 6.66. The molecule has 0 aromatic carbocycles. The lowest BCUT2D eigenvalue weighted by Gasteiger charge is -2.38. The van der Waals surface area contributed by atoms with Crippen LogP contribution in [0.1, 0.15) is 60.0 Å². The molecule has 28 heavy (non-hydrogen) atoms. The monoisotopic (exact) mass is 386 g/mol. The van der Waals surface area contributed by atoms with Gasteiger partial charge in [-0.25, -0.2) is 9.97 Å². The van der Waals surface area contributed by atoms with Crippen LogP contribution in [-0.2, 0) is 6.42 Å². The third-order valence-electron chi connectivity index (χ3n) is 4.92. The Bertz CT molecular complexity index is 753. The summed E-state index contributed by atoms with van der Waals surface area (Å²) in [6, 6.07) is 2.08. The molecule has 0 aliphatic rings. The summed E-state index contributed by atoms with van der Waals surface area (Å²) in [5, 5.41) is 0. The van der Waals surface area contributed by atoms with E-state index in [4.69, 9.17) is 5.73 Å². The minimum atomic E-state index is -0.222. The minimum Gasteiger partial charge on any atom is -0.385 e. The number of aromatic nitrogens is 2. The van der Waals surface area contributed by atoms with Crippen LogP contribution in [0.2, 0.25) is 0 Å². The first-order chi connectivity index (χ1) is 12.8. The molecule has 156 valence electrons. The molecule has 1 aromatic heterocycles. The average molecular weight is 387 g/mol. The predicted molar refractivity (Wildman–Crippen MR) is 121 cm³/mol. The first-order valence-electron chi connectivity index (χ1n) is 9.73. The number of likely N-dealkylation sites (N-methyl/N-ethyl adjacent to an activating group) is 1. The van der Waals surface area contributed by atoms with Crippen molar-refractivity contribution in [1.82, 2.24) is 14.9 Å². The second-order valence-corrected chi connectivity index (χ2v) is 8.86. The van der Waals surface area contributed by atoms with Crippen molar-refractivity contribution in [2.24, 2.45) is 10.7 Å². The van der Waals surface area contributed by atoms with Gasteiger partial charge in [0.1, 0.15) is 17.5 Å². The highest BCUT2D eigenvalue weighted by Crippen LogP contribution is 2.25. The number of anilines is 1. The zero-order chi connectivity index (χ0) is 21.7. The molecule has 0 bridgehead atoms. The van der Waals surface area contributed by atoms with Gasteiger partial charge in [0, 0.05) is 55.3 Å². The molecule has 0 spiro atoms. The smallest absolute Gasteiger partial charge is 0.132 e. The van der Waals surface area contributed by atoms with Gasteiger partial charge in [-0.15, -0.1) is 0 Å². The Morgan fingerprint density at radius 1 is 1.18 bits per heavy atom. The summed E-state index contributed by atoms with van der Waals surface area (Å²) in [6.07, 6.45) is 6.30. The first-order valence-corrected chi connectivity index (χ1v) is 9.73. The van der Waals surface area contributed by atoms with Gasteiger partial charge in [0.25, 0.3) is 0 Å². The van der Waals surface area contributed by atoms with Crippen molar-refractivity contribution in [3.8, 4) is 0 Å². The van der Waals surface area contributed by atoms with E-state index in [1.165, 1.54) is 0 Å². The van der Waals surface area contributed by atoms with Gasteiger partial charge < -0.3 is 15.5 Å². The van der Waals surface area contributed by atoms with Crippen molar-refractivity contribution >= 4 is 11.5 Å². The number of rotatable bonds is 7. The predicted octanol–water partition coefficient (Wildman–Crippen LogP) is 4.07. The number of aliphatic imine (C=N–C) groups is 1. The minimum absolute atomic E-state index is 0.0126. The van der Waals surface area contributed by atoms with Gasteiger partial charge in [0.2, 0.25) is 0 Å². The lowest BCUT2D eigenvalue weighted by atomic mass is 9.96. The van der Waals surface area contributed by atoms with Gasteiger partial charge in [0.05, 0.1) is 0 Å². The molecule has 0 radical (unpaired) electrons. The van der Waals surface area contributed by atoms with Crippen LogP contribution in [0.4, 0.5) is 5.82 Å². The van der Waals surface area contributed by atoms with Crippen molar-refractivity contribution in [2.75, 3.05) is 19.0 Å². The van der Waals surface area contributed by atoms with Crippen LogP contribution >= 0.6 is 0 Å². The lowest BCUT2D eigenvalue weighted by molar-refractivity contribution is 0.200. The number of hydrogen-bond acceptors (Lipinski definition) is 6. The maximum absolute atomic E-state index is 6.34. The van der Waals surface area contributed by atoms with E-state index in [1.54, 1.807) is 6.20 Å². The number of aryl methyl sites for hydroxylation is 1. The third-order valence-corrected chi connectivity index (χ3v) is 4.92. The van der Waals surface area contributed by atoms with Crippen LogP contribution < -0.4 is 10.6 Å². The summed E-state index contributed by atoms with van der Waals surface area (Å²) >= 11 is 0. The second-order valence-electron chi connectivity index (χ2n) is 8.86. The topological polar surface area (TPSA) is 70.6 Å². The van der Waals surface area contributed by atoms with Crippen molar-refractivity contribution in [3.63, 3.8) is 0 Å². The highest BCUT2D eigenvalue weighted by atomic mass is 15.2. The van der Waals surface area contributed by atoms with Crippen LogP contribution in [-0.4, -0.2) is 45.8 Å². The van der Waals surface area contributed by atoms with E-state index in [0.29, 0.717) is 5.82 Å². The molecular formula is C22H38N6. The Labute approximate surface area is 171 Å². The van der Waals surface area contributed by atoms with E-state index in [0.717, 1.165) is 29.5 Å². The maximum Gasteiger partial charge on any atom is 0.132 e. The Morgan fingerprint density at radius 2 is 1.79 bits per heavy atom. The molecule has 0 unspecified atom stereocenters. The SMILES string of the molecule is C\C=C/N=C(C)\C=C(/N)N(C)C(C)(C)Cc1cc(N(C)C(C)(C)C)nc(C)n1. The molecule has 0 aliphatic carbocycles. The highest BCUT2D eigenvalue weighted by Gasteiger charge is 2.27. The zero-order valence-electron chi connectivity index (χ0n) is 19.3. The van der Waals surface area contributed by atoms with Crippen LogP contribution in [0.25, 0.3) is 0 Å². The van der Waals surface area contributed by atoms with Crippen molar-refractivity contribution < 1.29 is 0 Å². The van der Waals surface area contributed by atoms with Gasteiger partial charge in [-0.1, -0.05) is 6.08 Å². The number of nitrogens with two attached hydrogens (primary N) is 1. The van der Waals surface area contributed by atoms with E-state index in [1.807, 2.05) is 40.0 Å². The molecule has 1 rings (SSSR count). The quantitative estimate of drug-likeness (QED) is 0.715. The largest absolute Gasteiger partial charge is 0.385 e. The van der Waals surface area contributed by atoms with Crippen LogP contribution in [0.15, 0.2) is 35.2 Å². The molecule has 0 atom stereocenters. The summed E-state index contributed by atoms with van der Waals surface area (Å²) in [6.45, 7) is 16.7. The highest BCUT2D eigenvalue weighted by molar-refractivity contribution is 5.93. The summed E-state index contributed by atoms with van der Waals surface area (Å²) < 4.78 is 0. The van der Waals surface area contributed by atoms with Crippen molar-refractivity contribution in [3.05, 3.63) is 41.8 Å². The Kier molecular flexibility index (Phi) is 7.79. The fourth-order valence-electron chi connectivity index (χ4n) is 2.67. The molecule has 2 N–H and O–H groups in total. The summed E-state index contributed by atoms with van der Waals surface area (Å²) in [7, 11) is 4.07. The van der Waals surface area contributed by atoms with Gasteiger partial charge in [-0.05, 0) is 61.5 Å². The molecule has 6 heteroatoms. The normalized spacial score (nSPS) is 13.9. The summed E-state index contributed by atoms with van der Waals surface area (Å²) in [5.74, 6) is 2.39. The second kappa shape index (κ2) is 9.22. The van der Waals surface area contributed by atoms with E-state index in [-0.39, 0.29) is 11.1 Å². The Hall–Kier alpha value is -2.37. The molecule has 0 saturated carbocycles. The van der Waals surface area contributed by atoms with Crippen LogP contribution in [0.3, 0.4) is 0 Å². The van der Waals surface area contributed by atoms with Gasteiger partial charge in [-0.2, -0.15) is 0 Å². The molecule has 1 heterocycles. The lowest BCUT2D eigenvalue weighted by Crippen LogP contribution is -2.45. The molecular weight excluding hydrogens is 348 g/mol. The molecule has 0 fully saturated rings. The van der Waals surface area contributed by atoms with Crippen molar-refractivity contribution in [2.45, 2.75) is 72.9 Å². The number of hydrogen-bond donors (Lipinski definition) is 1. The number of allylic oxidation sites excluding steroid dienone is 2. The Balaban J connectivity index is 3.11. The molecule has 0 aliphatic heterocycles. The van der Waals surface area contributed by atoms with Gasteiger partial charge in [0.15, 0.2) is 0 Å². The molecule has 1 aromatic rings.